The molecule has 2 aromatic rings. The van der Waals surface area contributed by atoms with E-state index in [0.717, 1.165) is 12.1 Å². The zero-order valence-electron chi connectivity index (χ0n) is 13.9. The average molecular weight is 371 g/mol. The summed E-state index contributed by atoms with van der Waals surface area (Å²) in [7, 11) is 1.77. The minimum atomic E-state index is -4.87. The summed E-state index contributed by atoms with van der Waals surface area (Å²) in [4.78, 5) is 13.9. The second-order valence-corrected chi connectivity index (χ2v) is 6.14. The number of nitrogens with zero attached hydrogens (tertiary/aromatic N) is 4. The van der Waals surface area contributed by atoms with Gasteiger partial charge in [-0.3, -0.25) is 4.79 Å². The largest absolute Gasteiger partial charge is 0.435 e. The Morgan fingerprint density at radius 1 is 1.38 bits per heavy atom. The molecule has 10 heteroatoms. The molecule has 1 aliphatic rings. The maximum Gasteiger partial charge on any atom is 0.435 e. The van der Waals surface area contributed by atoms with Crippen molar-refractivity contribution in [3.05, 3.63) is 41.5 Å². The van der Waals surface area contributed by atoms with Crippen LogP contribution in [0.4, 0.5) is 17.6 Å². The smallest absolute Gasteiger partial charge is 0.337 e. The Balaban J connectivity index is 1.97. The van der Waals surface area contributed by atoms with Crippen LogP contribution in [0.1, 0.15) is 22.6 Å². The number of nitrogens with one attached hydrogen (secondary N) is 1. The summed E-state index contributed by atoms with van der Waals surface area (Å²) < 4.78 is 54.6. The minimum Gasteiger partial charge on any atom is -0.337 e. The Morgan fingerprint density at radius 3 is 2.81 bits per heavy atom. The van der Waals surface area contributed by atoms with Crippen LogP contribution >= 0.6 is 0 Å². The molecule has 3 rings (SSSR count). The lowest BCUT2D eigenvalue weighted by Crippen LogP contribution is -2.32. The number of aromatic nitrogens is 3. The second kappa shape index (κ2) is 7.02. The summed E-state index contributed by atoms with van der Waals surface area (Å²) in [6, 6.07) is 4.53. The summed E-state index contributed by atoms with van der Waals surface area (Å²) in [6.45, 7) is 1.38. The molecule has 2 heterocycles. The highest BCUT2D eigenvalue weighted by atomic mass is 19.4. The number of halogens is 4. The molecule has 1 atom stereocenters. The van der Waals surface area contributed by atoms with Crippen molar-refractivity contribution in [1.82, 2.24) is 25.2 Å². The standard InChI is InChI=1S/C16H17F4N5O/c1-21-8-10-5-6-24(9-10)15(26)13-14(16(18,19)20)25(23-22-13)12-4-2-3-11(17)7-12/h2-4,7,10,21H,5-6,8-9H2,1H3. The first-order chi connectivity index (χ1) is 12.3. The van der Waals surface area contributed by atoms with E-state index in [2.05, 4.69) is 15.6 Å². The SMILES string of the molecule is CNCC1CCN(C(=O)c2nnn(-c3cccc(F)c3)c2C(F)(F)F)C1. The van der Waals surface area contributed by atoms with E-state index in [1.807, 2.05) is 0 Å². The molecular weight excluding hydrogens is 354 g/mol. The third-order valence-electron chi connectivity index (χ3n) is 4.26. The van der Waals surface area contributed by atoms with Crippen molar-refractivity contribution in [3.8, 4) is 5.69 Å². The van der Waals surface area contributed by atoms with Gasteiger partial charge in [0.25, 0.3) is 5.91 Å². The molecule has 1 N–H and O–H groups in total. The Kier molecular flexibility index (Phi) is 4.94. The summed E-state index contributed by atoms with van der Waals surface area (Å²) in [5, 5.41) is 9.92. The van der Waals surface area contributed by atoms with Crippen LogP contribution in [0.15, 0.2) is 24.3 Å². The molecule has 140 valence electrons. The van der Waals surface area contributed by atoms with Gasteiger partial charge in [-0.2, -0.15) is 13.2 Å². The lowest BCUT2D eigenvalue weighted by molar-refractivity contribution is -0.143. The van der Waals surface area contributed by atoms with Gasteiger partial charge in [-0.1, -0.05) is 11.3 Å². The molecule has 1 aliphatic heterocycles. The van der Waals surface area contributed by atoms with E-state index in [0.29, 0.717) is 30.7 Å². The number of benzene rings is 1. The van der Waals surface area contributed by atoms with E-state index in [4.69, 9.17) is 0 Å². The number of likely N-dealkylation sites (tertiary alicyclic amines) is 1. The zero-order chi connectivity index (χ0) is 18.9. The molecule has 0 spiro atoms. The number of carbonyl (C=O) groups excluding carboxylic acids is 1. The van der Waals surface area contributed by atoms with Crippen molar-refractivity contribution in [2.45, 2.75) is 12.6 Å². The van der Waals surface area contributed by atoms with Crippen LogP contribution < -0.4 is 5.32 Å². The predicted molar refractivity (Wildman–Crippen MR) is 84.3 cm³/mol. The fourth-order valence-corrected chi connectivity index (χ4v) is 3.09. The van der Waals surface area contributed by atoms with Crippen molar-refractivity contribution in [3.63, 3.8) is 0 Å². The monoisotopic (exact) mass is 371 g/mol. The zero-order valence-corrected chi connectivity index (χ0v) is 13.9. The number of hydrogen-bond donors (Lipinski definition) is 1. The van der Waals surface area contributed by atoms with Gasteiger partial charge in [0.2, 0.25) is 0 Å². The van der Waals surface area contributed by atoms with E-state index in [-0.39, 0.29) is 11.6 Å². The van der Waals surface area contributed by atoms with Crippen molar-refractivity contribution in [2.75, 3.05) is 26.7 Å². The normalized spacial score (nSPS) is 17.7. The molecule has 0 radical (unpaired) electrons. The van der Waals surface area contributed by atoms with Crippen LogP contribution in [0.3, 0.4) is 0 Å². The Morgan fingerprint density at radius 2 is 2.15 bits per heavy atom. The lowest BCUT2D eigenvalue weighted by Gasteiger charge is -2.17. The molecule has 1 aromatic heterocycles. The predicted octanol–water partition coefficient (Wildman–Crippen LogP) is 2.11. The number of carbonyl (C=O) groups is 1. The van der Waals surface area contributed by atoms with Crippen molar-refractivity contribution >= 4 is 5.91 Å². The van der Waals surface area contributed by atoms with Crippen molar-refractivity contribution in [2.24, 2.45) is 5.92 Å². The van der Waals surface area contributed by atoms with E-state index in [1.165, 1.54) is 17.0 Å². The molecule has 1 amide bonds. The molecule has 26 heavy (non-hydrogen) atoms. The molecule has 6 nitrogen and oxygen atoms in total. The number of hydrogen-bond acceptors (Lipinski definition) is 4. The van der Waals surface area contributed by atoms with E-state index in [9.17, 15) is 22.4 Å². The summed E-state index contributed by atoms with van der Waals surface area (Å²) >= 11 is 0. The number of amides is 1. The molecule has 0 saturated carbocycles. The summed E-state index contributed by atoms with van der Waals surface area (Å²) in [6.07, 6.45) is -4.17. The second-order valence-electron chi connectivity index (χ2n) is 6.14. The van der Waals surface area contributed by atoms with E-state index < -0.39 is 29.3 Å². The van der Waals surface area contributed by atoms with Gasteiger partial charge in [0.15, 0.2) is 11.4 Å². The quantitative estimate of drug-likeness (QED) is 0.837. The molecule has 1 aromatic carbocycles. The first-order valence-electron chi connectivity index (χ1n) is 8.04. The van der Waals surface area contributed by atoms with Crippen LogP contribution in [-0.4, -0.2) is 52.5 Å². The molecule has 0 aliphatic carbocycles. The highest BCUT2D eigenvalue weighted by molar-refractivity contribution is 5.93. The first-order valence-corrected chi connectivity index (χ1v) is 8.04. The highest BCUT2D eigenvalue weighted by Gasteiger charge is 2.43. The van der Waals surface area contributed by atoms with Crippen LogP contribution in [0.2, 0.25) is 0 Å². The third-order valence-corrected chi connectivity index (χ3v) is 4.26. The lowest BCUT2D eigenvalue weighted by atomic mass is 10.1. The summed E-state index contributed by atoms with van der Waals surface area (Å²) in [5.41, 5.74) is -2.23. The fraction of sp³-hybridized carbons (Fsp3) is 0.438. The van der Waals surface area contributed by atoms with E-state index >= 15 is 0 Å². The van der Waals surface area contributed by atoms with Gasteiger partial charge >= 0.3 is 6.18 Å². The molecule has 1 saturated heterocycles. The Hall–Kier alpha value is -2.49. The van der Waals surface area contributed by atoms with Crippen LogP contribution in [0.5, 0.6) is 0 Å². The maximum atomic E-state index is 13.6. The Labute approximate surface area is 146 Å². The van der Waals surface area contributed by atoms with Gasteiger partial charge in [0.1, 0.15) is 5.82 Å². The topological polar surface area (TPSA) is 63.1 Å². The van der Waals surface area contributed by atoms with Crippen LogP contribution in [0, 0.1) is 11.7 Å². The number of alkyl halides is 3. The van der Waals surface area contributed by atoms with Crippen LogP contribution in [-0.2, 0) is 6.18 Å². The summed E-state index contributed by atoms with van der Waals surface area (Å²) in [5.74, 6) is -1.36. The molecule has 1 fully saturated rings. The molecule has 0 bridgehead atoms. The minimum absolute atomic E-state index is 0.154. The highest BCUT2D eigenvalue weighted by Crippen LogP contribution is 2.33. The molecular formula is C16H17F4N5O. The van der Waals surface area contributed by atoms with Gasteiger partial charge < -0.3 is 10.2 Å². The van der Waals surface area contributed by atoms with Gasteiger partial charge in [-0.25, -0.2) is 9.07 Å². The fourth-order valence-electron chi connectivity index (χ4n) is 3.09. The van der Waals surface area contributed by atoms with Crippen molar-refractivity contribution in [1.29, 1.82) is 0 Å². The van der Waals surface area contributed by atoms with Crippen LogP contribution in [0.25, 0.3) is 5.69 Å². The molecule has 1 unspecified atom stereocenters. The van der Waals surface area contributed by atoms with Gasteiger partial charge in [0, 0.05) is 13.1 Å². The third kappa shape index (κ3) is 3.55. The maximum absolute atomic E-state index is 13.6. The Bertz CT molecular complexity index is 804. The van der Waals surface area contributed by atoms with E-state index in [1.54, 1.807) is 7.05 Å². The average Bonchev–Trinajstić information content (AvgIpc) is 3.21. The first kappa shape index (κ1) is 18.3. The van der Waals surface area contributed by atoms with Crippen molar-refractivity contribution < 1.29 is 22.4 Å². The number of rotatable bonds is 4. The van der Waals surface area contributed by atoms with Gasteiger partial charge in [-0.15, -0.1) is 5.10 Å². The van der Waals surface area contributed by atoms with Gasteiger partial charge in [0.05, 0.1) is 5.69 Å². The van der Waals surface area contributed by atoms with Gasteiger partial charge in [-0.05, 0) is 44.1 Å².